The monoisotopic (exact) mass is 305 g/mol. The van der Waals surface area contributed by atoms with Gasteiger partial charge < -0.3 is 0 Å². The van der Waals surface area contributed by atoms with Crippen LogP contribution in [-0.2, 0) is 6.18 Å². The number of halogens is 4. The Morgan fingerprint density at radius 3 is 2.23 bits per heavy atom. The molecule has 0 amide bonds. The van der Waals surface area contributed by atoms with Crippen molar-refractivity contribution < 1.29 is 17.6 Å². The summed E-state index contributed by atoms with van der Waals surface area (Å²) < 4.78 is 51.5. The van der Waals surface area contributed by atoms with E-state index in [-0.39, 0.29) is 11.3 Å². The first-order valence-electron chi connectivity index (χ1n) is 6.30. The van der Waals surface area contributed by atoms with Crippen LogP contribution < -0.4 is 0 Å². The molecule has 2 rings (SSSR count). The molecule has 2 aromatic rings. The van der Waals surface area contributed by atoms with Crippen LogP contribution in [0.1, 0.15) is 16.7 Å². The normalized spacial score (nSPS) is 12.1. The van der Waals surface area contributed by atoms with Gasteiger partial charge in [0, 0.05) is 5.56 Å². The molecule has 0 heterocycles. The number of hydrogen-bond acceptors (Lipinski definition) is 1. The van der Waals surface area contributed by atoms with Crippen molar-refractivity contribution in [3.8, 4) is 12.3 Å². The zero-order chi connectivity index (χ0) is 16.3. The van der Waals surface area contributed by atoms with Gasteiger partial charge in [0.1, 0.15) is 11.5 Å². The minimum absolute atomic E-state index is 0.0601. The van der Waals surface area contributed by atoms with Crippen LogP contribution >= 0.6 is 0 Å². The molecule has 5 heteroatoms. The number of benzene rings is 2. The van der Waals surface area contributed by atoms with Crippen LogP contribution in [0, 0.1) is 25.1 Å². The maximum Gasteiger partial charge on any atom is 0.416 e. The van der Waals surface area contributed by atoms with E-state index in [4.69, 9.17) is 6.42 Å². The number of rotatable bonds is 2. The highest BCUT2D eigenvalue weighted by molar-refractivity contribution is 6.13. The van der Waals surface area contributed by atoms with Crippen LogP contribution in [-0.4, -0.2) is 5.71 Å². The van der Waals surface area contributed by atoms with Gasteiger partial charge in [-0.3, -0.25) is 0 Å². The smallest absolute Gasteiger partial charge is 0.239 e. The topological polar surface area (TPSA) is 12.4 Å². The van der Waals surface area contributed by atoms with E-state index in [0.29, 0.717) is 11.8 Å². The predicted molar refractivity (Wildman–Crippen MR) is 77.6 cm³/mol. The van der Waals surface area contributed by atoms with Gasteiger partial charge >= 0.3 is 6.18 Å². The van der Waals surface area contributed by atoms with E-state index >= 15 is 0 Å². The lowest BCUT2D eigenvalue weighted by molar-refractivity contribution is -0.137. The summed E-state index contributed by atoms with van der Waals surface area (Å²) in [7, 11) is 0. The molecular weight excluding hydrogens is 294 g/mol. The number of aliphatic imine (C=N–C) groups is 1. The Morgan fingerprint density at radius 1 is 1.09 bits per heavy atom. The molecule has 2 aromatic carbocycles. The lowest BCUT2D eigenvalue weighted by atomic mass is 10.1. The van der Waals surface area contributed by atoms with Crippen molar-refractivity contribution in [2.24, 2.45) is 4.99 Å². The summed E-state index contributed by atoms with van der Waals surface area (Å²) in [6.45, 7) is 1.89. The molecule has 22 heavy (non-hydrogen) atoms. The first-order valence-corrected chi connectivity index (χ1v) is 6.30. The molecule has 0 spiro atoms. The molecular formula is C17H11F4N. The van der Waals surface area contributed by atoms with Gasteiger partial charge in [-0.2, -0.15) is 13.2 Å². The van der Waals surface area contributed by atoms with E-state index in [0.717, 1.165) is 17.7 Å². The van der Waals surface area contributed by atoms with Crippen molar-refractivity contribution in [1.82, 2.24) is 0 Å². The summed E-state index contributed by atoms with van der Waals surface area (Å²) in [6, 6.07) is 9.16. The number of nitrogens with zero attached hydrogens (tertiary/aromatic N) is 1. The van der Waals surface area contributed by atoms with Crippen molar-refractivity contribution in [2.45, 2.75) is 13.1 Å². The Balaban J connectivity index is 2.44. The third-order valence-corrected chi connectivity index (χ3v) is 2.96. The van der Waals surface area contributed by atoms with E-state index in [2.05, 4.69) is 10.9 Å². The number of aryl methyl sites for hydroxylation is 1. The standard InChI is InChI=1S/C17H11F4N/c1-3-16(22-13-7-4-11(2)5-8-13)14-9-6-12(10-15(14)18)17(19,20)21/h1,4-10H,2H3. The zero-order valence-corrected chi connectivity index (χ0v) is 11.6. The van der Waals surface area contributed by atoms with E-state index in [1.54, 1.807) is 24.3 Å². The van der Waals surface area contributed by atoms with Crippen LogP contribution in [0.15, 0.2) is 47.5 Å². The third kappa shape index (κ3) is 3.53. The minimum Gasteiger partial charge on any atom is -0.239 e. The second kappa shape index (κ2) is 6.02. The molecule has 0 fully saturated rings. The van der Waals surface area contributed by atoms with Gasteiger partial charge in [-0.25, -0.2) is 9.38 Å². The van der Waals surface area contributed by atoms with Gasteiger partial charge in [0.25, 0.3) is 0 Å². The Morgan fingerprint density at radius 2 is 1.73 bits per heavy atom. The first-order chi connectivity index (χ1) is 10.3. The fraction of sp³-hybridized carbons (Fsp3) is 0.118. The summed E-state index contributed by atoms with van der Waals surface area (Å²) in [5.74, 6) is 1.15. The molecule has 112 valence electrons. The maximum atomic E-state index is 13.9. The highest BCUT2D eigenvalue weighted by Crippen LogP contribution is 2.30. The molecule has 0 bridgehead atoms. The second-order valence-corrected chi connectivity index (χ2v) is 4.63. The summed E-state index contributed by atoms with van der Waals surface area (Å²) in [4.78, 5) is 4.10. The van der Waals surface area contributed by atoms with E-state index < -0.39 is 17.6 Å². The van der Waals surface area contributed by atoms with Crippen molar-refractivity contribution in [1.29, 1.82) is 0 Å². The lowest BCUT2D eigenvalue weighted by Gasteiger charge is -2.08. The Bertz CT molecular complexity index is 750. The molecule has 0 unspecified atom stereocenters. The van der Waals surface area contributed by atoms with E-state index in [1.165, 1.54) is 0 Å². The Kier molecular flexibility index (Phi) is 4.32. The van der Waals surface area contributed by atoms with Crippen LogP contribution in [0.25, 0.3) is 0 Å². The number of terminal acetylenes is 1. The van der Waals surface area contributed by atoms with Crippen molar-refractivity contribution >= 4 is 11.4 Å². The van der Waals surface area contributed by atoms with Crippen molar-refractivity contribution in [3.05, 3.63) is 65.0 Å². The minimum atomic E-state index is -4.61. The Hall–Kier alpha value is -2.61. The SMILES string of the molecule is C#CC(=Nc1ccc(C)cc1)c1ccc(C(F)(F)F)cc1F. The molecule has 0 aliphatic heterocycles. The average Bonchev–Trinajstić information content (AvgIpc) is 2.46. The summed E-state index contributed by atoms with van der Waals surface area (Å²) in [6.07, 6.45) is 0.698. The van der Waals surface area contributed by atoms with Gasteiger partial charge in [-0.05, 0) is 43.2 Å². The number of hydrogen-bond donors (Lipinski definition) is 0. The fourth-order valence-corrected chi connectivity index (χ4v) is 1.80. The molecule has 0 saturated heterocycles. The summed E-state index contributed by atoms with van der Waals surface area (Å²) in [5.41, 5.74) is 0.242. The van der Waals surface area contributed by atoms with Crippen LogP contribution in [0.3, 0.4) is 0 Å². The highest BCUT2D eigenvalue weighted by Gasteiger charge is 2.31. The Labute approximate surface area is 125 Å². The fourth-order valence-electron chi connectivity index (χ4n) is 1.80. The lowest BCUT2D eigenvalue weighted by Crippen LogP contribution is -2.08. The van der Waals surface area contributed by atoms with Crippen molar-refractivity contribution in [3.63, 3.8) is 0 Å². The highest BCUT2D eigenvalue weighted by atomic mass is 19.4. The third-order valence-electron chi connectivity index (χ3n) is 2.96. The first kappa shape index (κ1) is 15.8. The van der Waals surface area contributed by atoms with E-state index in [1.807, 2.05) is 6.92 Å². The van der Waals surface area contributed by atoms with Gasteiger partial charge in [-0.15, -0.1) is 6.42 Å². The summed E-state index contributed by atoms with van der Waals surface area (Å²) in [5, 5.41) is 0. The number of alkyl halides is 3. The molecule has 0 N–H and O–H groups in total. The largest absolute Gasteiger partial charge is 0.416 e. The molecule has 0 atom stereocenters. The quantitative estimate of drug-likeness (QED) is 0.425. The molecule has 0 radical (unpaired) electrons. The van der Waals surface area contributed by atoms with Crippen LogP contribution in [0.5, 0.6) is 0 Å². The van der Waals surface area contributed by atoms with Crippen LogP contribution in [0.4, 0.5) is 23.2 Å². The summed E-state index contributed by atoms with van der Waals surface area (Å²) >= 11 is 0. The van der Waals surface area contributed by atoms with Crippen LogP contribution in [0.2, 0.25) is 0 Å². The molecule has 0 aliphatic carbocycles. The molecule has 0 aliphatic rings. The second-order valence-electron chi connectivity index (χ2n) is 4.63. The zero-order valence-electron chi connectivity index (χ0n) is 11.6. The molecule has 1 nitrogen and oxygen atoms in total. The predicted octanol–water partition coefficient (Wildman–Crippen LogP) is 4.91. The molecule has 0 saturated carbocycles. The van der Waals surface area contributed by atoms with E-state index in [9.17, 15) is 17.6 Å². The average molecular weight is 305 g/mol. The van der Waals surface area contributed by atoms with Gasteiger partial charge in [-0.1, -0.05) is 17.7 Å². The van der Waals surface area contributed by atoms with Gasteiger partial charge in [0.05, 0.1) is 11.3 Å². The molecule has 0 aromatic heterocycles. The van der Waals surface area contributed by atoms with Gasteiger partial charge in [0.2, 0.25) is 0 Å². The maximum absolute atomic E-state index is 13.9. The van der Waals surface area contributed by atoms with Gasteiger partial charge in [0.15, 0.2) is 0 Å². The van der Waals surface area contributed by atoms with Crippen molar-refractivity contribution in [2.75, 3.05) is 0 Å².